The number of hydrogen-bond donors (Lipinski definition) is 1. The van der Waals surface area contributed by atoms with Crippen LogP contribution >= 0.6 is 24.0 Å². The van der Waals surface area contributed by atoms with Gasteiger partial charge in [-0.05, 0) is 54.2 Å². The van der Waals surface area contributed by atoms with Gasteiger partial charge in [0, 0.05) is 5.02 Å². The number of imidazole rings is 1. The topological polar surface area (TPSA) is 28.7 Å². The van der Waals surface area contributed by atoms with Crippen molar-refractivity contribution < 1.29 is 0 Å². The highest BCUT2D eigenvalue weighted by Crippen LogP contribution is 2.33. The van der Waals surface area contributed by atoms with Crippen molar-refractivity contribution in [2.24, 2.45) is 0 Å². The van der Waals surface area contributed by atoms with Crippen LogP contribution in [0.4, 0.5) is 0 Å². The van der Waals surface area contributed by atoms with Gasteiger partial charge in [-0.1, -0.05) is 17.7 Å². The Labute approximate surface area is 118 Å². The highest BCUT2D eigenvalue weighted by Gasteiger charge is 2.14. The first kappa shape index (κ1) is 13.2. The normalized spacial score (nSPS) is 16.2. The predicted molar refractivity (Wildman–Crippen MR) is 78.1 cm³/mol. The molecule has 0 aliphatic heterocycles. The van der Waals surface area contributed by atoms with E-state index in [0.717, 1.165) is 23.6 Å². The maximum Gasteiger partial charge on any atom is 0.0924 e. The number of nitrogens with zero attached hydrogens (tertiary/aromatic N) is 1. The summed E-state index contributed by atoms with van der Waals surface area (Å²) in [5.41, 5.74) is 5.08. The average molecular weight is 281 g/mol. The van der Waals surface area contributed by atoms with E-state index >= 15 is 0 Å². The molecule has 0 unspecified atom stereocenters. The number of halogens is 2. The summed E-state index contributed by atoms with van der Waals surface area (Å²) in [5.74, 6) is 0. The van der Waals surface area contributed by atoms with E-state index < -0.39 is 0 Å². The number of rotatable bonds is 1. The van der Waals surface area contributed by atoms with Crippen molar-refractivity contribution in [3.8, 4) is 0 Å². The predicted octanol–water partition coefficient (Wildman–Crippen LogP) is 4.36. The second-order valence-electron chi connectivity index (χ2n) is 4.33. The maximum atomic E-state index is 6.08. The maximum absolute atomic E-state index is 6.08. The summed E-state index contributed by atoms with van der Waals surface area (Å²) in [5, 5.41) is 0.807. The van der Waals surface area contributed by atoms with Gasteiger partial charge in [0.2, 0.25) is 0 Å². The van der Waals surface area contributed by atoms with Crippen LogP contribution in [-0.2, 0) is 6.42 Å². The summed E-state index contributed by atoms with van der Waals surface area (Å²) in [6.45, 7) is 0. The van der Waals surface area contributed by atoms with Crippen LogP contribution in [0.25, 0.3) is 11.6 Å². The van der Waals surface area contributed by atoms with Crippen molar-refractivity contribution >= 4 is 35.7 Å². The minimum absolute atomic E-state index is 0. The Kier molecular flexibility index (Phi) is 4.10. The Bertz CT molecular complexity index is 559. The quantitative estimate of drug-likeness (QED) is 0.826. The highest BCUT2D eigenvalue weighted by atomic mass is 35.5. The fraction of sp³-hybridized carbons (Fsp3) is 0.214. The molecule has 1 aliphatic carbocycles. The second-order valence-corrected chi connectivity index (χ2v) is 4.77. The average Bonchev–Trinajstić information content (AvgIpc) is 2.83. The molecular formula is C14H14Cl2N2. The van der Waals surface area contributed by atoms with Gasteiger partial charge in [-0.2, -0.15) is 0 Å². The van der Waals surface area contributed by atoms with E-state index in [-0.39, 0.29) is 12.4 Å². The Morgan fingerprint density at radius 2 is 2.17 bits per heavy atom. The molecule has 0 saturated carbocycles. The summed E-state index contributed by atoms with van der Waals surface area (Å²) in [6, 6.07) is 6.18. The lowest BCUT2D eigenvalue weighted by molar-refractivity contribution is 0.824. The summed E-state index contributed by atoms with van der Waals surface area (Å²) >= 11 is 6.08. The van der Waals surface area contributed by atoms with Gasteiger partial charge in [0.1, 0.15) is 0 Å². The zero-order valence-corrected chi connectivity index (χ0v) is 11.4. The van der Waals surface area contributed by atoms with E-state index in [1.54, 1.807) is 6.33 Å². The van der Waals surface area contributed by atoms with Crippen LogP contribution in [0.2, 0.25) is 5.02 Å². The first-order chi connectivity index (χ1) is 8.33. The fourth-order valence-corrected chi connectivity index (χ4v) is 2.52. The molecule has 0 atom stereocenters. The molecule has 94 valence electrons. The third-order valence-electron chi connectivity index (χ3n) is 3.16. The van der Waals surface area contributed by atoms with Crippen LogP contribution in [0.3, 0.4) is 0 Å². The summed E-state index contributed by atoms with van der Waals surface area (Å²) < 4.78 is 0. The molecule has 1 aromatic heterocycles. The lowest BCUT2D eigenvalue weighted by Crippen LogP contribution is -2.01. The summed E-state index contributed by atoms with van der Waals surface area (Å²) in [7, 11) is 0. The van der Waals surface area contributed by atoms with Crippen molar-refractivity contribution in [1.29, 1.82) is 0 Å². The number of aromatic amines is 1. The third kappa shape index (κ3) is 2.60. The van der Waals surface area contributed by atoms with Gasteiger partial charge < -0.3 is 4.98 Å². The molecular weight excluding hydrogens is 267 g/mol. The molecule has 18 heavy (non-hydrogen) atoms. The van der Waals surface area contributed by atoms with Gasteiger partial charge in [-0.15, -0.1) is 12.4 Å². The van der Waals surface area contributed by atoms with E-state index in [0.29, 0.717) is 0 Å². The van der Waals surface area contributed by atoms with Gasteiger partial charge >= 0.3 is 0 Å². The van der Waals surface area contributed by atoms with Gasteiger partial charge in [0.05, 0.1) is 18.2 Å². The van der Waals surface area contributed by atoms with Crippen molar-refractivity contribution in [2.45, 2.75) is 19.3 Å². The Morgan fingerprint density at radius 3 is 2.94 bits per heavy atom. The molecule has 0 radical (unpaired) electrons. The van der Waals surface area contributed by atoms with Crippen LogP contribution in [0, 0.1) is 0 Å². The number of fused-ring (bicyclic) bond motifs is 1. The zero-order valence-electron chi connectivity index (χ0n) is 9.82. The van der Waals surface area contributed by atoms with Crippen molar-refractivity contribution in [3.05, 3.63) is 52.6 Å². The van der Waals surface area contributed by atoms with E-state index in [1.165, 1.54) is 23.1 Å². The molecule has 1 heterocycles. The highest BCUT2D eigenvalue weighted by molar-refractivity contribution is 6.30. The van der Waals surface area contributed by atoms with E-state index in [2.05, 4.69) is 28.2 Å². The lowest BCUT2D eigenvalue weighted by Gasteiger charge is -2.19. The van der Waals surface area contributed by atoms with Gasteiger partial charge in [-0.3, -0.25) is 0 Å². The lowest BCUT2D eigenvalue weighted by atomic mass is 9.87. The van der Waals surface area contributed by atoms with Crippen LogP contribution in [-0.4, -0.2) is 9.97 Å². The molecule has 0 amide bonds. The van der Waals surface area contributed by atoms with Crippen LogP contribution < -0.4 is 0 Å². The Hall–Kier alpha value is -1.25. The first-order valence-electron chi connectivity index (χ1n) is 5.81. The molecule has 1 N–H and O–H groups in total. The molecule has 0 spiro atoms. The molecule has 1 aliphatic rings. The molecule has 1 aromatic carbocycles. The first-order valence-corrected chi connectivity index (χ1v) is 6.18. The van der Waals surface area contributed by atoms with Crippen molar-refractivity contribution in [1.82, 2.24) is 9.97 Å². The van der Waals surface area contributed by atoms with E-state index in [9.17, 15) is 0 Å². The molecule has 0 bridgehead atoms. The number of benzene rings is 1. The molecule has 0 fully saturated rings. The number of nitrogens with one attached hydrogen (secondary N) is 1. The Morgan fingerprint density at radius 1 is 1.28 bits per heavy atom. The molecule has 3 rings (SSSR count). The van der Waals surface area contributed by atoms with Gasteiger partial charge in [0.15, 0.2) is 0 Å². The largest absolute Gasteiger partial charge is 0.345 e. The molecule has 4 heteroatoms. The van der Waals surface area contributed by atoms with Crippen LogP contribution in [0.15, 0.2) is 30.7 Å². The van der Waals surface area contributed by atoms with E-state index in [4.69, 9.17) is 11.6 Å². The summed E-state index contributed by atoms with van der Waals surface area (Å²) in [4.78, 5) is 7.14. The fourth-order valence-electron chi connectivity index (χ4n) is 2.35. The van der Waals surface area contributed by atoms with Crippen LogP contribution in [0.1, 0.15) is 29.7 Å². The second kappa shape index (κ2) is 5.59. The third-order valence-corrected chi connectivity index (χ3v) is 3.39. The minimum Gasteiger partial charge on any atom is -0.345 e. The molecule has 0 saturated heterocycles. The molecule has 2 aromatic rings. The Balaban J connectivity index is 0.00000120. The smallest absolute Gasteiger partial charge is 0.0924 e. The zero-order chi connectivity index (χ0) is 11.7. The molecule has 2 nitrogen and oxygen atoms in total. The minimum atomic E-state index is 0. The number of aryl methyl sites for hydroxylation is 1. The van der Waals surface area contributed by atoms with Gasteiger partial charge in [0.25, 0.3) is 0 Å². The summed E-state index contributed by atoms with van der Waals surface area (Å²) in [6.07, 6.45) is 9.16. The monoisotopic (exact) mass is 280 g/mol. The van der Waals surface area contributed by atoms with Crippen molar-refractivity contribution in [2.75, 3.05) is 0 Å². The standard InChI is InChI=1S/C14H13ClN2.ClH/c15-12-5-4-10-2-1-3-11(14(10)7-12)6-13-8-16-9-17-13;/h4-9H,1-3H2,(H,16,17);1H/b11-6+;. The number of hydrogen-bond acceptors (Lipinski definition) is 1. The van der Waals surface area contributed by atoms with Gasteiger partial charge in [-0.25, -0.2) is 4.98 Å². The van der Waals surface area contributed by atoms with E-state index in [1.807, 2.05) is 12.3 Å². The van der Waals surface area contributed by atoms with Crippen molar-refractivity contribution in [3.63, 3.8) is 0 Å². The number of allylic oxidation sites excluding steroid dienone is 1. The SMILES string of the molecule is Cl.Clc1ccc2c(c1)/C(=C/c1cnc[nH]1)CCC2. The number of H-pyrrole nitrogens is 1. The number of aromatic nitrogens is 2. The van der Waals surface area contributed by atoms with Crippen LogP contribution in [0.5, 0.6) is 0 Å².